The fraction of sp³-hybridized carbons (Fsp3) is 0.333. The predicted octanol–water partition coefficient (Wildman–Crippen LogP) is 3.60. The molecule has 122 valence electrons. The molecule has 2 aliphatic rings. The summed E-state index contributed by atoms with van der Waals surface area (Å²) in [6.45, 7) is 2.19. The Hall–Kier alpha value is -2.52. The topological polar surface area (TPSA) is 71.3 Å². The normalized spacial score (nSPS) is 15.2. The van der Waals surface area contributed by atoms with E-state index in [1.54, 1.807) is 0 Å². The second kappa shape index (κ2) is 5.84. The molecule has 0 saturated heterocycles. The van der Waals surface area contributed by atoms with E-state index < -0.39 is 0 Å². The largest absolute Gasteiger partial charge is 0.454 e. The molecule has 1 aromatic carbocycles. The number of thiophene rings is 1. The molecule has 2 heterocycles. The number of benzene rings is 1. The molecule has 6 heteroatoms. The zero-order valence-electron chi connectivity index (χ0n) is 13.2. The van der Waals surface area contributed by atoms with Gasteiger partial charge >= 0.3 is 0 Å². The summed E-state index contributed by atoms with van der Waals surface area (Å²) in [6, 6.07) is 8.10. The van der Waals surface area contributed by atoms with Crippen molar-refractivity contribution in [1.29, 1.82) is 5.26 Å². The number of amides is 1. The maximum absolute atomic E-state index is 12.0. The standard InChI is InChI=1S/C18H16N2O3S/c1-10-13(8-19)18(20-17(21)12-3-4-12)24-16(10)7-11-2-5-14-15(6-11)23-9-22-14/h2,5-6,12H,3-4,7,9H2,1H3,(H,20,21). The molecule has 1 N–H and O–H groups in total. The Balaban J connectivity index is 1.59. The van der Waals surface area contributed by atoms with E-state index in [1.165, 1.54) is 11.3 Å². The zero-order valence-corrected chi connectivity index (χ0v) is 14.0. The maximum atomic E-state index is 12.0. The summed E-state index contributed by atoms with van der Waals surface area (Å²) in [4.78, 5) is 13.1. The minimum atomic E-state index is 0.0300. The van der Waals surface area contributed by atoms with E-state index in [9.17, 15) is 10.1 Å². The van der Waals surface area contributed by atoms with Crippen molar-refractivity contribution in [3.8, 4) is 17.6 Å². The summed E-state index contributed by atoms with van der Waals surface area (Å²) < 4.78 is 10.7. The Morgan fingerprint density at radius 3 is 2.92 bits per heavy atom. The van der Waals surface area contributed by atoms with Gasteiger partial charge in [-0.2, -0.15) is 5.26 Å². The molecule has 1 aliphatic carbocycles. The molecule has 0 atom stereocenters. The van der Waals surface area contributed by atoms with Crippen LogP contribution in [0.2, 0.25) is 0 Å². The summed E-state index contributed by atoms with van der Waals surface area (Å²) >= 11 is 1.49. The predicted molar refractivity (Wildman–Crippen MR) is 90.5 cm³/mol. The molecule has 0 spiro atoms. The third kappa shape index (κ3) is 2.72. The van der Waals surface area contributed by atoms with Gasteiger partial charge < -0.3 is 14.8 Å². The number of ether oxygens (including phenoxy) is 2. The van der Waals surface area contributed by atoms with Crippen molar-refractivity contribution in [3.63, 3.8) is 0 Å². The first-order valence-electron chi connectivity index (χ1n) is 7.87. The van der Waals surface area contributed by atoms with E-state index in [0.717, 1.165) is 40.3 Å². The fourth-order valence-electron chi connectivity index (χ4n) is 2.75. The van der Waals surface area contributed by atoms with Crippen molar-refractivity contribution < 1.29 is 14.3 Å². The molecular weight excluding hydrogens is 324 g/mol. The van der Waals surface area contributed by atoms with Crippen LogP contribution in [0, 0.1) is 24.2 Å². The molecule has 0 unspecified atom stereocenters. The van der Waals surface area contributed by atoms with Crippen LogP contribution in [-0.4, -0.2) is 12.7 Å². The van der Waals surface area contributed by atoms with E-state index in [4.69, 9.17) is 9.47 Å². The van der Waals surface area contributed by atoms with Gasteiger partial charge in [-0.15, -0.1) is 11.3 Å². The molecule has 5 nitrogen and oxygen atoms in total. The molecule has 1 aromatic heterocycles. The lowest BCUT2D eigenvalue weighted by Gasteiger charge is -2.02. The average Bonchev–Trinajstić information content (AvgIpc) is 3.26. The number of hydrogen-bond acceptors (Lipinski definition) is 5. The third-order valence-electron chi connectivity index (χ3n) is 4.34. The second-order valence-corrected chi connectivity index (χ2v) is 7.20. The fourth-order valence-corrected chi connectivity index (χ4v) is 3.94. The lowest BCUT2D eigenvalue weighted by Crippen LogP contribution is -2.12. The van der Waals surface area contributed by atoms with Gasteiger partial charge in [-0.1, -0.05) is 6.07 Å². The first-order chi connectivity index (χ1) is 11.7. The van der Waals surface area contributed by atoms with Gasteiger partial charge in [0.25, 0.3) is 0 Å². The van der Waals surface area contributed by atoms with E-state index in [1.807, 2.05) is 25.1 Å². The Morgan fingerprint density at radius 1 is 1.38 bits per heavy atom. The van der Waals surface area contributed by atoms with Gasteiger partial charge in [-0.25, -0.2) is 0 Å². The van der Waals surface area contributed by atoms with Gasteiger partial charge in [0.15, 0.2) is 11.5 Å². The smallest absolute Gasteiger partial charge is 0.231 e. The van der Waals surface area contributed by atoms with Crippen molar-refractivity contribution in [1.82, 2.24) is 0 Å². The molecule has 0 radical (unpaired) electrons. The first kappa shape index (κ1) is 15.0. The lowest BCUT2D eigenvalue weighted by molar-refractivity contribution is -0.117. The van der Waals surface area contributed by atoms with Crippen molar-refractivity contribution in [2.45, 2.75) is 26.2 Å². The van der Waals surface area contributed by atoms with E-state index in [2.05, 4.69) is 11.4 Å². The molecular formula is C18H16N2O3S. The Bertz CT molecular complexity index is 862. The number of nitrogens with one attached hydrogen (secondary N) is 1. The van der Waals surface area contributed by atoms with Crippen LogP contribution in [0.5, 0.6) is 11.5 Å². The highest BCUT2D eigenvalue weighted by Gasteiger charge is 2.30. The Kier molecular flexibility index (Phi) is 3.66. The van der Waals surface area contributed by atoms with Gasteiger partial charge in [0.1, 0.15) is 11.1 Å². The molecule has 2 aromatic rings. The van der Waals surface area contributed by atoms with E-state index in [-0.39, 0.29) is 18.6 Å². The quantitative estimate of drug-likeness (QED) is 0.923. The van der Waals surface area contributed by atoms with E-state index >= 15 is 0 Å². The molecule has 0 bridgehead atoms. The number of carbonyl (C=O) groups is 1. The van der Waals surface area contributed by atoms with E-state index in [0.29, 0.717) is 17.0 Å². The van der Waals surface area contributed by atoms with Crippen LogP contribution in [0.25, 0.3) is 0 Å². The molecule has 1 fully saturated rings. The highest BCUT2D eigenvalue weighted by Crippen LogP contribution is 2.38. The average molecular weight is 340 g/mol. The van der Waals surface area contributed by atoms with Gasteiger partial charge in [0.2, 0.25) is 12.7 Å². The number of carbonyl (C=O) groups excluding carboxylic acids is 1. The van der Waals surface area contributed by atoms with Gasteiger partial charge in [-0.05, 0) is 43.0 Å². The van der Waals surface area contributed by atoms with Gasteiger partial charge in [0.05, 0.1) is 5.56 Å². The Morgan fingerprint density at radius 2 is 2.17 bits per heavy atom. The van der Waals surface area contributed by atoms with Crippen LogP contribution < -0.4 is 14.8 Å². The van der Waals surface area contributed by atoms with Crippen LogP contribution in [0.4, 0.5) is 5.00 Å². The SMILES string of the molecule is Cc1c(Cc2ccc3c(c2)OCO3)sc(NC(=O)C2CC2)c1C#N. The van der Waals surface area contributed by atoms with Crippen LogP contribution in [0.3, 0.4) is 0 Å². The highest BCUT2D eigenvalue weighted by atomic mass is 32.1. The van der Waals surface area contributed by atoms with Gasteiger partial charge in [0, 0.05) is 17.2 Å². The number of anilines is 1. The number of fused-ring (bicyclic) bond motifs is 1. The minimum absolute atomic E-state index is 0.0300. The van der Waals surface area contributed by atoms with Crippen molar-refractivity contribution in [2.24, 2.45) is 5.92 Å². The van der Waals surface area contributed by atoms with Crippen molar-refractivity contribution >= 4 is 22.2 Å². The van der Waals surface area contributed by atoms with Crippen LogP contribution >= 0.6 is 11.3 Å². The van der Waals surface area contributed by atoms with Gasteiger partial charge in [-0.3, -0.25) is 4.79 Å². The minimum Gasteiger partial charge on any atom is -0.454 e. The van der Waals surface area contributed by atoms with Crippen LogP contribution in [0.1, 0.15) is 34.4 Å². The summed E-state index contributed by atoms with van der Waals surface area (Å²) in [6.07, 6.45) is 2.59. The van der Waals surface area contributed by atoms with Crippen LogP contribution in [0.15, 0.2) is 18.2 Å². The van der Waals surface area contributed by atoms with Crippen molar-refractivity contribution in [3.05, 3.63) is 39.8 Å². The zero-order chi connectivity index (χ0) is 16.7. The molecule has 1 amide bonds. The highest BCUT2D eigenvalue weighted by molar-refractivity contribution is 7.16. The molecule has 1 saturated carbocycles. The number of nitriles is 1. The lowest BCUT2D eigenvalue weighted by atomic mass is 10.1. The third-order valence-corrected chi connectivity index (χ3v) is 5.55. The first-order valence-corrected chi connectivity index (χ1v) is 8.69. The number of rotatable bonds is 4. The monoisotopic (exact) mass is 340 g/mol. The summed E-state index contributed by atoms with van der Waals surface area (Å²) in [5.41, 5.74) is 2.60. The second-order valence-electron chi connectivity index (χ2n) is 6.09. The maximum Gasteiger partial charge on any atom is 0.231 e. The Labute approximate surface area is 143 Å². The summed E-state index contributed by atoms with van der Waals surface area (Å²) in [5, 5.41) is 13.0. The van der Waals surface area contributed by atoms with Crippen molar-refractivity contribution in [2.75, 3.05) is 12.1 Å². The molecule has 4 rings (SSSR count). The number of nitrogens with zero attached hydrogens (tertiary/aromatic N) is 1. The summed E-state index contributed by atoms with van der Waals surface area (Å²) in [7, 11) is 0. The van der Waals surface area contributed by atoms with Crippen LogP contribution in [-0.2, 0) is 11.2 Å². The summed E-state index contributed by atoms with van der Waals surface area (Å²) in [5.74, 6) is 1.67. The number of hydrogen-bond donors (Lipinski definition) is 1. The molecule has 24 heavy (non-hydrogen) atoms. The molecule has 1 aliphatic heterocycles.